The van der Waals surface area contributed by atoms with Crippen LogP contribution in [0.25, 0.3) is 22.5 Å². The van der Waals surface area contributed by atoms with Crippen molar-refractivity contribution in [1.82, 2.24) is 14.5 Å². The first kappa shape index (κ1) is 21.6. The van der Waals surface area contributed by atoms with Gasteiger partial charge in [-0.05, 0) is 54.1 Å². The first-order chi connectivity index (χ1) is 17.7. The third-order valence-electron chi connectivity index (χ3n) is 5.89. The van der Waals surface area contributed by atoms with Gasteiger partial charge in [0.15, 0.2) is 23.0 Å². The number of fused-ring (bicyclic) bond motifs is 2. The Morgan fingerprint density at radius 1 is 0.944 bits per heavy atom. The van der Waals surface area contributed by atoms with Gasteiger partial charge in [-0.15, -0.1) is 0 Å². The molecule has 1 aliphatic heterocycles. The third kappa shape index (κ3) is 3.86. The van der Waals surface area contributed by atoms with Crippen LogP contribution in [0.4, 0.5) is 5.69 Å². The van der Waals surface area contributed by atoms with Crippen molar-refractivity contribution >= 4 is 22.6 Å². The number of hydrogen-bond donors (Lipinski definition) is 1. The van der Waals surface area contributed by atoms with Crippen LogP contribution in [0.5, 0.6) is 11.5 Å². The number of amides is 1. The van der Waals surface area contributed by atoms with E-state index in [4.69, 9.17) is 13.9 Å². The Labute approximate surface area is 205 Å². The molecule has 0 fully saturated rings. The topological polar surface area (TPSA) is 108 Å². The highest BCUT2D eigenvalue weighted by atomic mass is 16.6. The van der Waals surface area contributed by atoms with Crippen LogP contribution in [0.3, 0.4) is 0 Å². The van der Waals surface area contributed by atoms with E-state index in [1.165, 1.54) is 10.8 Å². The van der Waals surface area contributed by atoms with E-state index in [1.807, 2.05) is 6.07 Å². The molecule has 1 aliphatic rings. The lowest BCUT2D eigenvalue weighted by atomic mass is 10.1. The number of nitrogens with one attached hydrogen (secondary N) is 1. The van der Waals surface area contributed by atoms with Gasteiger partial charge in [-0.3, -0.25) is 19.1 Å². The lowest BCUT2D eigenvalue weighted by Gasteiger charge is -2.23. The number of pyridine rings is 1. The van der Waals surface area contributed by atoms with Gasteiger partial charge in [0.1, 0.15) is 19.3 Å². The number of hydrogen-bond acceptors (Lipinski definition) is 7. The minimum absolute atomic E-state index is 0.116. The number of para-hydroxylation sites is 2. The van der Waals surface area contributed by atoms with Gasteiger partial charge in [-0.1, -0.05) is 12.1 Å². The maximum atomic E-state index is 13.9. The molecular weight excluding hydrogens is 460 g/mol. The SMILES string of the molecule is O=C(Nc1ccc2c(c1)OCCO2)C(c1ccncc1)n1c(=O)c(-c2ccco2)nc2ccccc21. The van der Waals surface area contributed by atoms with Gasteiger partial charge in [0.05, 0.1) is 17.3 Å². The molecule has 0 bridgehead atoms. The lowest BCUT2D eigenvalue weighted by Crippen LogP contribution is -2.35. The van der Waals surface area contributed by atoms with Crippen LogP contribution in [0.1, 0.15) is 11.6 Å². The van der Waals surface area contributed by atoms with Gasteiger partial charge in [0, 0.05) is 24.1 Å². The van der Waals surface area contributed by atoms with Crippen molar-refractivity contribution in [3.8, 4) is 23.0 Å². The minimum Gasteiger partial charge on any atom is -0.486 e. The number of benzene rings is 2. The van der Waals surface area contributed by atoms with Crippen molar-refractivity contribution in [3.63, 3.8) is 0 Å². The number of ether oxygens (including phenoxy) is 2. The minimum atomic E-state index is -1.02. The number of carbonyl (C=O) groups excluding carboxylic acids is 1. The summed E-state index contributed by atoms with van der Waals surface area (Å²) in [6.07, 6.45) is 4.65. The van der Waals surface area contributed by atoms with E-state index in [-0.39, 0.29) is 5.69 Å². The number of nitrogens with zero attached hydrogens (tertiary/aromatic N) is 3. The highest BCUT2D eigenvalue weighted by molar-refractivity contribution is 5.97. The fraction of sp³-hybridized carbons (Fsp3) is 0.111. The summed E-state index contributed by atoms with van der Waals surface area (Å²) in [6.45, 7) is 0.900. The first-order valence-corrected chi connectivity index (χ1v) is 11.3. The Balaban J connectivity index is 1.51. The zero-order valence-corrected chi connectivity index (χ0v) is 19.0. The summed E-state index contributed by atoms with van der Waals surface area (Å²) in [6, 6.07) is 18.1. The molecule has 1 amide bonds. The molecule has 1 atom stereocenters. The standard InChI is InChI=1S/C27H20N4O5/c32-26(29-18-7-8-21-23(16-18)36-15-14-35-21)25(17-9-11-28-12-10-17)31-20-5-2-1-4-19(20)30-24(27(31)33)22-6-3-13-34-22/h1-13,16,25H,14-15H2,(H,29,32). The molecule has 36 heavy (non-hydrogen) atoms. The average molecular weight is 480 g/mol. The summed E-state index contributed by atoms with van der Waals surface area (Å²) in [5, 5.41) is 2.94. The normalized spacial score (nSPS) is 13.3. The van der Waals surface area contributed by atoms with Crippen LogP contribution >= 0.6 is 0 Å². The molecule has 0 saturated heterocycles. The second-order valence-corrected chi connectivity index (χ2v) is 8.13. The zero-order chi connectivity index (χ0) is 24.5. The number of aromatic nitrogens is 3. The van der Waals surface area contributed by atoms with E-state index < -0.39 is 17.5 Å². The fourth-order valence-corrected chi connectivity index (χ4v) is 4.28. The quantitative estimate of drug-likeness (QED) is 0.404. The Morgan fingerprint density at radius 2 is 1.75 bits per heavy atom. The Kier molecular flexibility index (Phi) is 5.42. The van der Waals surface area contributed by atoms with Crippen LogP contribution in [-0.2, 0) is 4.79 Å². The van der Waals surface area contributed by atoms with E-state index >= 15 is 0 Å². The van der Waals surface area contributed by atoms with Gasteiger partial charge in [0.2, 0.25) is 0 Å². The summed E-state index contributed by atoms with van der Waals surface area (Å²) in [4.78, 5) is 36.3. The smallest absolute Gasteiger partial charge is 0.281 e. The number of carbonyl (C=O) groups is 1. The van der Waals surface area contributed by atoms with Gasteiger partial charge >= 0.3 is 0 Å². The summed E-state index contributed by atoms with van der Waals surface area (Å²) in [5.41, 5.74) is 1.82. The van der Waals surface area contributed by atoms with E-state index in [0.29, 0.717) is 52.8 Å². The van der Waals surface area contributed by atoms with Crippen LogP contribution in [0.15, 0.2) is 94.6 Å². The van der Waals surface area contributed by atoms with Gasteiger partial charge in [-0.2, -0.15) is 0 Å². The van der Waals surface area contributed by atoms with Gasteiger partial charge < -0.3 is 19.2 Å². The molecule has 4 heterocycles. The van der Waals surface area contributed by atoms with Crippen LogP contribution in [-0.4, -0.2) is 33.7 Å². The number of anilines is 1. The van der Waals surface area contributed by atoms with Crippen molar-refractivity contribution in [2.45, 2.75) is 6.04 Å². The maximum absolute atomic E-state index is 13.9. The number of rotatable bonds is 5. The largest absolute Gasteiger partial charge is 0.486 e. The summed E-state index contributed by atoms with van der Waals surface area (Å²) in [5.74, 6) is 1.07. The Hall–Kier alpha value is -4.92. The fourth-order valence-electron chi connectivity index (χ4n) is 4.28. The highest BCUT2D eigenvalue weighted by Gasteiger charge is 2.28. The molecule has 178 valence electrons. The van der Waals surface area contributed by atoms with Crippen molar-refractivity contribution in [2.24, 2.45) is 0 Å². The van der Waals surface area contributed by atoms with E-state index in [9.17, 15) is 9.59 Å². The second-order valence-electron chi connectivity index (χ2n) is 8.13. The molecule has 1 N–H and O–H groups in total. The lowest BCUT2D eigenvalue weighted by molar-refractivity contribution is -0.118. The van der Waals surface area contributed by atoms with E-state index in [2.05, 4.69) is 15.3 Å². The molecule has 0 radical (unpaired) electrons. The molecule has 0 saturated carbocycles. The summed E-state index contributed by atoms with van der Waals surface area (Å²) >= 11 is 0. The average Bonchev–Trinajstić information content (AvgIpc) is 3.45. The molecule has 2 aromatic carbocycles. The van der Waals surface area contributed by atoms with Gasteiger partial charge in [-0.25, -0.2) is 4.98 Å². The third-order valence-corrected chi connectivity index (χ3v) is 5.89. The Morgan fingerprint density at radius 3 is 2.56 bits per heavy atom. The molecule has 3 aromatic heterocycles. The van der Waals surface area contributed by atoms with Crippen molar-refractivity contribution in [1.29, 1.82) is 0 Å². The summed E-state index contributed by atoms with van der Waals surface area (Å²) < 4.78 is 18.2. The molecule has 9 nitrogen and oxygen atoms in total. The second kappa shape index (κ2) is 9.03. The van der Waals surface area contributed by atoms with Crippen molar-refractivity contribution < 1.29 is 18.7 Å². The molecule has 5 aromatic rings. The monoisotopic (exact) mass is 480 g/mol. The molecule has 0 spiro atoms. The molecule has 6 rings (SSSR count). The van der Waals surface area contributed by atoms with Crippen molar-refractivity contribution in [3.05, 3.63) is 101 Å². The molecular formula is C27H20N4O5. The van der Waals surface area contributed by atoms with Crippen LogP contribution in [0, 0.1) is 0 Å². The van der Waals surface area contributed by atoms with Gasteiger partial charge in [0.25, 0.3) is 11.5 Å². The zero-order valence-electron chi connectivity index (χ0n) is 19.0. The predicted molar refractivity (Wildman–Crippen MR) is 132 cm³/mol. The molecule has 9 heteroatoms. The Bertz CT molecular complexity index is 1610. The molecule has 0 aliphatic carbocycles. The van der Waals surface area contributed by atoms with E-state index in [0.717, 1.165) is 0 Å². The highest BCUT2D eigenvalue weighted by Crippen LogP contribution is 2.33. The van der Waals surface area contributed by atoms with E-state index in [1.54, 1.807) is 73.1 Å². The van der Waals surface area contributed by atoms with Crippen LogP contribution < -0.4 is 20.3 Å². The first-order valence-electron chi connectivity index (χ1n) is 11.3. The molecule has 1 unspecified atom stereocenters. The predicted octanol–water partition coefficient (Wildman–Crippen LogP) is 4.05. The summed E-state index contributed by atoms with van der Waals surface area (Å²) in [7, 11) is 0. The maximum Gasteiger partial charge on any atom is 0.281 e. The van der Waals surface area contributed by atoms with Crippen LogP contribution in [0.2, 0.25) is 0 Å². The van der Waals surface area contributed by atoms with Crippen molar-refractivity contribution in [2.75, 3.05) is 18.5 Å². The number of furan rings is 1.